The highest BCUT2D eigenvalue weighted by molar-refractivity contribution is 5.94. The summed E-state index contributed by atoms with van der Waals surface area (Å²) in [7, 11) is 0. The van der Waals surface area contributed by atoms with Crippen molar-refractivity contribution in [2.75, 3.05) is 0 Å². The molecule has 0 aliphatic carbocycles. The van der Waals surface area contributed by atoms with Crippen molar-refractivity contribution in [2.45, 2.75) is 6.54 Å². The molecule has 0 atom stereocenters. The zero-order chi connectivity index (χ0) is 12.1. The predicted octanol–water partition coefficient (Wildman–Crippen LogP) is 2.76. The third-order valence-corrected chi connectivity index (χ3v) is 2.38. The van der Waals surface area contributed by atoms with Gasteiger partial charge in [0.15, 0.2) is 0 Å². The second kappa shape index (κ2) is 5.25. The third-order valence-electron chi connectivity index (χ3n) is 2.38. The lowest BCUT2D eigenvalue weighted by Crippen LogP contribution is -2.22. The maximum Gasteiger partial charge on any atom is 0.251 e. The number of carbonyl (C=O) groups is 1. The molecule has 0 aliphatic rings. The van der Waals surface area contributed by atoms with Crippen molar-refractivity contribution in [1.29, 1.82) is 0 Å². The van der Waals surface area contributed by atoms with E-state index in [2.05, 4.69) is 5.32 Å². The van der Waals surface area contributed by atoms with Crippen molar-refractivity contribution in [1.82, 2.24) is 5.32 Å². The van der Waals surface area contributed by atoms with E-state index in [0.29, 0.717) is 12.1 Å². The van der Waals surface area contributed by atoms with Gasteiger partial charge in [0.05, 0.1) is 0 Å². The molecule has 1 N–H and O–H groups in total. The van der Waals surface area contributed by atoms with Crippen LogP contribution in [0.15, 0.2) is 54.6 Å². The zero-order valence-electron chi connectivity index (χ0n) is 9.19. The summed E-state index contributed by atoms with van der Waals surface area (Å²) in [6, 6.07) is 15.2. The number of amides is 1. The monoisotopic (exact) mass is 229 g/mol. The summed E-state index contributed by atoms with van der Waals surface area (Å²) in [5, 5.41) is 2.74. The Bertz CT molecular complexity index is 511. The van der Waals surface area contributed by atoms with Crippen LogP contribution in [0.1, 0.15) is 15.9 Å². The number of hydrogen-bond donors (Lipinski definition) is 1. The summed E-state index contributed by atoms with van der Waals surface area (Å²) in [4.78, 5) is 11.7. The van der Waals surface area contributed by atoms with Gasteiger partial charge in [-0.25, -0.2) is 4.39 Å². The minimum atomic E-state index is -0.405. The highest BCUT2D eigenvalue weighted by Gasteiger charge is 2.05. The van der Waals surface area contributed by atoms with E-state index in [1.165, 1.54) is 18.2 Å². The van der Waals surface area contributed by atoms with Crippen LogP contribution in [-0.4, -0.2) is 5.91 Å². The normalized spacial score (nSPS) is 9.94. The van der Waals surface area contributed by atoms with Crippen LogP contribution in [-0.2, 0) is 6.54 Å². The lowest BCUT2D eigenvalue weighted by atomic mass is 10.2. The molecule has 0 unspecified atom stereocenters. The van der Waals surface area contributed by atoms with Crippen LogP contribution in [0.3, 0.4) is 0 Å². The summed E-state index contributed by atoms with van der Waals surface area (Å²) in [6.45, 7) is 0.441. The van der Waals surface area contributed by atoms with Gasteiger partial charge in [-0.2, -0.15) is 0 Å². The molecule has 2 nitrogen and oxygen atoms in total. The van der Waals surface area contributed by atoms with Crippen LogP contribution in [0.4, 0.5) is 4.39 Å². The summed E-state index contributed by atoms with van der Waals surface area (Å²) in [6.07, 6.45) is 0. The van der Waals surface area contributed by atoms with Gasteiger partial charge in [-0.15, -0.1) is 0 Å². The van der Waals surface area contributed by atoms with Crippen LogP contribution >= 0.6 is 0 Å². The first-order chi connectivity index (χ1) is 8.25. The quantitative estimate of drug-likeness (QED) is 0.861. The fraction of sp³-hybridized carbons (Fsp3) is 0.0714. The Morgan fingerprint density at radius 2 is 1.82 bits per heavy atom. The second-order valence-corrected chi connectivity index (χ2v) is 3.68. The average Bonchev–Trinajstić information content (AvgIpc) is 2.37. The summed E-state index contributed by atoms with van der Waals surface area (Å²) < 4.78 is 12.9. The predicted molar refractivity (Wildman–Crippen MR) is 64.0 cm³/mol. The van der Waals surface area contributed by atoms with Gasteiger partial charge in [0.25, 0.3) is 5.91 Å². The fourth-order valence-electron chi connectivity index (χ4n) is 1.51. The third kappa shape index (κ3) is 3.14. The molecule has 0 radical (unpaired) electrons. The van der Waals surface area contributed by atoms with Crippen molar-refractivity contribution >= 4 is 5.91 Å². The zero-order valence-corrected chi connectivity index (χ0v) is 9.19. The minimum absolute atomic E-state index is 0.270. The van der Waals surface area contributed by atoms with Gasteiger partial charge in [-0.1, -0.05) is 36.4 Å². The highest BCUT2D eigenvalue weighted by Crippen LogP contribution is 2.04. The Balaban J connectivity index is 1.98. The molecule has 0 aliphatic heterocycles. The molecule has 2 aromatic carbocycles. The molecule has 0 bridgehead atoms. The molecule has 0 spiro atoms. The van der Waals surface area contributed by atoms with Gasteiger partial charge in [0.1, 0.15) is 5.82 Å². The van der Waals surface area contributed by atoms with Crippen LogP contribution in [0.2, 0.25) is 0 Å². The smallest absolute Gasteiger partial charge is 0.251 e. The van der Waals surface area contributed by atoms with E-state index in [1.54, 1.807) is 6.07 Å². The molecular formula is C14H12FNO. The summed E-state index contributed by atoms with van der Waals surface area (Å²) in [5.41, 5.74) is 1.35. The average molecular weight is 229 g/mol. The molecule has 2 aromatic rings. The number of rotatable bonds is 3. The molecule has 0 heterocycles. The maximum absolute atomic E-state index is 12.9. The van der Waals surface area contributed by atoms with Gasteiger partial charge >= 0.3 is 0 Å². The molecule has 3 heteroatoms. The van der Waals surface area contributed by atoms with E-state index in [9.17, 15) is 9.18 Å². The molecule has 17 heavy (non-hydrogen) atoms. The van der Waals surface area contributed by atoms with Crippen molar-refractivity contribution in [3.63, 3.8) is 0 Å². The van der Waals surface area contributed by atoms with Crippen LogP contribution in [0.5, 0.6) is 0 Å². The first-order valence-corrected chi connectivity index (χ1v) is 5.33. The van der Waals surface area contributed by atoms with Crippen LogP contribution in [0, 0.1) is 5.82 Å². The number of nitrogens with one attached hydrogen (secondary N) is 1. The summed E-state index contributed by atoms with van der Waals surface area (Å²) in [5.74, 6) is -0.675. The Labute approximate surface area is 99.1 Å². The second-order valence-electron chi connectivity index (χ2n) is 3.68. The van der Waals surface area contributed by atoms with E-state index in [1.807, 2.05) is 30.3 Å². The number of halogens is 1. The van der Waals surface area contributed by atoms with E-state index >= 15 is 0 Å². The van der Waals surface area contributed by atoms with Gasteiger partial charge in [-0.3, -0.25) is 4.79 Å². The Kier molecular flexibility index (Phi) is 3.50. The number of hydrogen-bond acceptors (Lipinski definition) is 1. The van der Waals surface area contributed by atoms with Crippen molar-refractivity contribution < 1.29 is 9.18 Å². The molecule has 0 fully saturated rings. The van der Waals surface area contributed by atoms with Crippen molar-refractivity contribution in [2.24, 2.45) is 0 Å². The highest BCUT2D eigenvalue weighted by atomic mass is 19.1. The van der Waals surface area contributed by atoms with Crippen molar-refractivity contribution in [3.8, 4) is 0 Å². The van der Waals surface area contributed by atoms with Gasteiger partial charge in [-0.05, 0) is 23.8 Å². The maximum atomic E-state index is 12.9. The fourth-order valence-corrected chi connectivity index (χ4v) is 1.51. The standard InChI is InChI=1S/C14H12FNO/c15-13-8-4-7-12(9-13)14(17)16-10-11-5-2-1-3-6-11/h1-9H,10H2,(H,16,17). The lowest BCUT2D eigenvalue weighted by Gasteiger charge is -2.05. The SMILES string of the molecule is O=C(NCc1ccccc1)c1cccc(F)c1. The van der Waals surface area contributed by atoms with E-state index < -0.39 is 5.82 Å². The van der Waals surface area contributed by atoms with Crippen LogP contribution < -0.4 is 5.32 Å². The minimum Gasteiger partial charge on any atom is -0.348 e. The molecule has 0 saturated carbocycles. The van der Waals surface area contributed by atoms with Gasteiger partial charge in [0.2, 0.25) is 0 Å². The van der Waals surface area contributed by atoms with Crippen LogP contribution in [0.25, 0.3) is 0 Å². The lowest BCUT2D eigenvalue weighted by molar-refractivity contribution is 0.0950. The molecule has 2 rings (SSSR count). The molecule has 86 valence electrons. The van der Waals surface area contributed by atoms with Crippen molar-refractivity contribution in [3.05, 3.63) is 71.5 Å². The topological polar surface area (TPSA) is 29.1 Å². The molecular weight excluding hydrogens is 217 g/mol. The number of carbonyl (C=O) groups excluding carboxylic acids is 1. The van der Waals surface area contributed by atoms with E-state index in [0.717, 1.165) is 5.56 Å². The first-order valence-electron chi connectivity index (χ1n) is 5.33. The van der Waals surface area contributed by atoms with E-state index in [-0.39, 0.29) is 5.91 Å². The van der Waals surface area contributed by atoms with E-state index in [4.69, 9.17) is 0 Å². The summed E-state index contributed by atoms with van der Waals surface area (Å²) >= 11 is 0. The molecule has 0 aromatic heterocycles. The van der Waals surface area contributed by atoms with Gasteiger partial charge in [0, 0.05) is 12.1 Å². The molecule has 1 amide bonds. The largest absolute Gasteiger partial charge is 0.348 e. The van der Waals surface area contributed by atoms with Gasteiger partial charge < -0.3 is 5.32 Å². The Morgan fingerprint density at radius 3 is 2.53 bits per heavy atom. The first kappa shape index (κ1) is 11.3. The molecule has 0 saturated heterocycles. The number of benzene rings is 2. The Morgan fingerprint density at radius 1 is 1.06 bits per heavy atom. The Hall–Kier alpha value is -2.16.